The van der Waals surface area contributed by atoms with Gasteiger partial charge in [-0.2, -0.15) is 0 Å². The number of benzene rings is 1. The molecular formula is C13H11BrF2N2. The summed E-state index contributed by atoms with van der Waals surface area (Å²) in [5.74, 6) is -0.887. The molecule has 0 fully saturated rings. The van der Waals surface area contributed by atoms with Gasteiger partial charge in [-0.1, -0.05) is 0 Å². The van der Waals surface area contributed by atoms with Gasteiger partial charge in [-0.15, -0.1) is 0 Å². The Hall–Kier alpha value is -1.49. The standard InChI is InChI=1S/C13H11BrF2N2/c1-8(10-7-9(15)4-5-11(10)16)18-12-3-2-6-17-13(12)14/h2-8,18H,1H3. The van der Waals surface area contributed by atoms with Gasteiger partial charge in [-0.3, -0.25) is 0 Å². The van der Waals surface area contributed by atoms with Crippen LogP contribution in [0.5, 0.6) is 0 Å². The third kappa shape index (κ3) is 2.85. The summed E-state index contributed by atoms with van der Waals surface area (Å²) < 4.78 is 27.3. The highest BCUT2D eigenvalue weighted by atomic mass is 79.9. The fourth-order valence-electron chi connectivity index (χ4n) is 1.65. The summed E-state index contributed by atoms with van der Waals surface area (Å²) in [6, 6.07) is 6.64. The topological polar surface area (TPSA) is 24.9 Å². The minimum absolute atomic E-state index is 0.283. The lowest BCUT2D eigenvalue weighted by Gasteiger charge is -2.17. The van der Waals surface area contributed by atoms with Crippen LogP contribution in [-0.4, -0.2) is 4.98 Å². The van der Waals surface area contributed by atoms with Crippen molar-refractivity contribution in [3.8, 4) is 0 Å². The molecule has 0 saturated carbocycles. The van der Waals surface area contributed by atoms with Gasteiger partial charge in [0.1, 0.15) is 16.2 Å². The Balaban J connectivity index is 2.25. The highest BCUT2D eigenvalue weighted by molar-refractivity contribution is 9.10. The Morgan fingerprint density at radius 1 is 1.28 bits per heavy atom. The summed E-state index contributed by atoms with van der Waals surface area (Å²) in [6.07, 6.45) is 1.64. The van der Waals surface area contributed by atoms with Crippen molar-refractivity contribution in [1.82, 2.24) is 4.98 Å². The van der Waals surface area contributed by atoms with Crippen LogP contribution in [0.2, 0.25) is 0 Å². The van der Waals surface area contributed by atoms with E-state index in [4.69, 9.17) is 0 Å². The zero-order chi connectivity index (χ0) is 13.1. The molecule has 0 aliphatic carbocycles. The predicted octanol–water partition coefficient (Wildman–Crippen LogP) is 4.30. The molecule has 1 aromatic carbocycles. The number of anilines is 1. The van der Waals surface area contributed by atoms with Gasteiger partial charge < -0.3 is 5.32 Å². The number of rotatable bonds is 3. The molecule has 0 saturated heterocycles. The highest BCUT2D eigenvalue weighted by Crippen LogP contribution is 2.26. The summed E-state index contributed by atoms with van der Waals surface area (Å²) in [6.45, 7) is 1.76. The van der Waals surface area contributed by atoms with E-state index in [1.807, 2.05) is 6.07 Å². The Bertz CT molecular complexity index is 560. The quantitative estimate of drug-likeness (QED) is 0.855. The zero-order valence-corrected chi connectivity index (χ0v) is 11.2. The van der Waals surface area contributed by atoms with Crippen molar-refractivity contribution in [2.24, 2.45) is 0 Å². The largest absolute Gasteiger partial charge is 0.376 e. The van der Waals surface area contributed by atoms with Gasteiger partial charge in [0.25, 0.3) is 0 Å². The van der Waals surface area contributed by atoms with Gasteiger partial charge in [0.2, 0.25) is 0 Å². The minimum atomic E-state index is -0.453. The number of nitrogens with one attached hydrogen (secondary N) is 1. The molecular weight excluding hydrogens is 302 g/mol. The van der Waals surface area contributed by atoms with Crippen molar-refractivity contribution in [1.29, 1.82) is 0 Å². The molecule has 0 aliphatic heterocycles. The molecule has 94 valence electrons. The lowest BCUT2D eigenvalue weighted by molar-refractivity contribution is 0.577. The van der Waals surface area contributed by atoms with Gasteiger partial charge in [-0.05, 0) is 53.2 Å². The summed E-state index contributed by atoms with van der Waals surface area (Å²) >= 11 is 3.29. The molecule has 0 aliphatic rings. The molecule has 1 heterocycles. The van der Waals surface area contributed by atoms with Crippen LogP contribution < -0.4 is 5.32 Å². The second-order valence-corrected chi connectivity index (χ2v) is 4.62. The summed E-state index contributed by atoms with van der Waals surface area (Å²) in [4.78, 5) is 4.05. The molecule has 1 N–H and O–H groups in total. The molecule has 1 atom stereocenters. The van der Waals surface area contributed by atoms with Crippen LogP contribution in [0.1, 0.15) is 18.5 Å². The van der Waals surface area contributed by atoms with Gasteiger partial charge in [0.15, 0.2) is 0 Å². The molecule has 1 unspecified atom stereocenters. The first-order chi connectivity index (χ1) is 8.58. The van der Waals surface area contributed by atoms with Crippen LogP contribution >= 0.6 is 15.9 Å². The number of halogens is 3. The molecule has 1 aromatic heterocycles. The van der Waals surface area contributed by atoms with E-state index in [2.05, 4.69) is 26.2 Å². The Kier molecular flexibility index (Phi) is 3.91. The van der Waals surface area contributed by atoms with E-state index < -0.39 is 11.6 Å². The van der Waals surface area contributed by atoms with Gasteiger partial charge >= 0.3 is 0 Å². The lowest BCUT2D eigenvalue weighted by atomic mass is 10.1. The molecule has 0 spiro atoms. The maximum Gasteiger partial charge on any atom is 0.129 e. The van der Waals surface area contributed by atoms with Crippen molar-refractivity contribution >= 4 is 21.6 Å². The zero-order valence-electron chi connectivity index (χ0n) is 9.62. The second-order valence-electron chi connectivity index (χ2n) is 3.87. The predicted molar refractivity (Wildman–Crippen MR) is 70.3 cm³/mol. The SMILES string of the molecule is CC(Nc1cccnc1Br)c1cc(F)ccc1F. The van der Waals surface area contributed by atoms with Crippen molar-refractivity contribution in [2.75, 3.05) is 5.32 Å². The van der Waals surface area contributed by atoms with Crippen LogP contribution in [-0.2, 0) is 0 Å². The maximum absolute atomic E-state index is 13.6. The summed E-state index contributed by atoms with van der Waals surface area (Å²) in [7, 11) is 0. The first-order valence-electron chi connectivity index (χ1n) is 5.40. The van der Waals surface area contributed by atoms with E-state index in [1.54, 1.807) is 19.2 Å². The molecule has 2 aromatic rings. The normalized spacial score (nSPS) is 12.2. The Morgan fingerprint density at radius 3 is 2.78 bits per heavy atom. The van der Waals surface area contributed by atoms with E-state index >= 15 is 0 Å². The van der Waals surface area contributed by atoms with Crippen molar-refractivity contribution < 1.29 is 8.78 Å². The minimum Gasteiger partial charge on any atom is -0.376 e. The van der Waals surface area contributed by atoms with E-state index in [1.165, 1.54) is 6.07 Å². The fraction of sp³-hybridized carbons (Fsp3) is 0.154. The Labute approximate surface area is 112 Å². The maximum atomic E-state index is 13.6. The fourth-order valence-corrected chi connectivity index (χ4v) is 2.02. The summed E-state index contributed by atoms with van der Waals surface area (Å²) in [5, 5.41) is 3.08. The molecule has 2 rings (SSSR count). The van der Waals surface area contributed by atoms with Crippen LogP contribution in [0.15, 0.2) is 41.1 Å². The third-order valence-electron chi connectivity index (χ3n) is 2.56. The van der Waals surface area contributed by atoms with Crippen LogP contribution in [0, 0.1) is 11.6 Å². The number of hydrogen-bond acceptors (Lipinski definition) is 2. The third-order valence-corrected chi connectivity index (χ3v) is 3.19. The van der Waals surface area contributed by atoms with E-state index in [-0.39, 0.29) is 11.6 Å². The molecule has 0 amide bonds. The molecule has 0 bridgehead atoms. The van der Waals surface area contributed by atoms with Crippen LogP contribution in [0.4, 0.5) is 14.5 Å². The summed E-state index contributed by atoms with van der Waals surface area (Å²) in [5.41, 5.74) is 1.01. The molecule has 0 radical (unpaired) electrons. The van der Waals surface area contributed by atoms with Crippen LogP contribution in [0.25, 0.3) is 0 Å². The van der Waals surface area contributed by atoms with Crippen LogP contribution in [0.3, 0.4) is 0 Å². The molecule has 2 nitrogen and oxygen atoms in total. The smallest absolute Gasteiger partial charge is 0.129 e. The highest BCUT2D eigenvalue weighted by Gasteiger charge is 2.13. The number of nitrogens with zero attached hydrogens (tertiary/aromatic N) is 1. The van der Waals surface area contributed by atoms with Crippen molar-refractivity contribution in [3.63, 3.8) is 0 Å². The van der Waals surface area contributed by atoms with E-state index in [0.717, 1.165) is 17.8 Å². The number of pyridine rings is 1. The number of hydrogen-bond donors (Lipinski definition) is 1. The van der Waals surface area contributed by atoms with Gasteiger partial charge in [0.05, 0.1) is 11.7 Å². The monoisotopic (exact) mass is 312 g/mol. The number of aromatic nitrogens is 1. The molecule has 5 heteroatoms. The lowest BCUT2D eigenvalue weighted by Crippen LogP contribution is -2.09. The average molecular weight is 313 g/mol. The first-order valence-corrected chi connectivity index (χ1v) is 6.19. The van der Waals surface area contributed by atoms with E-state index in [0.29, 0.717) is 4.60 Å². The van der Waals surface area contributed by atoms with E-state index in [9.17, 15) is 8.78 Å². The van der Waals surface area contributed by atoms with Crippen molar-refractivity contribution in [3.05, 3.63) is 58.3 Å². The van der Waals surface area contributed by atoms with Gasteiger partial charge in [-0.25, -0.2) is 13.8 Å². The molecule has 18 heavy (non-hydrogen) atoms. The van der Waals surface area contributed by atoms with Gasteiger partial charge in [0, 0.05) is 11.8 Å². The average Bonchev–Trinajstić information content (AvgIpc) is 2.35. The Morgan fingerprint density at radius 2 is 2.06 bits per heavy atom. The second kappa shape index (κ2) is 5.44. The first kappa shape index (κ1) is 13.0. The van der Waals surface area contributed by atoms with Crippen molar-refractivity contribution in [2.45, 2.75) is 13.0 Å².